The van der Waals surface area contributed by atoms with Gasteiger partial charge >= 0.3 is 0 Å². The number of halogens is 1. The van der Waals surface area contributed by atoms with E-state index in [-0.39, 0.29) is 42.5 Å². The van der Waals surface area contributed by atoms with Crippen LogP contribution in [0.15, 0.2) is 78.7 Å². The number of aliphatic hydroxyl groups is 1. The Balaban J connectivity index is 0.759. The number of thiazole rings is 1. The molecule has 0 aliphatic carbocycles. The van der Waals surface area contributed by atoms with Crippen molar-refractivity contribution >= 4 is 40.0 Å². The average Bonchev–Trinajstić information content (AvgIpc) is 4.07. The fourth-order valence-corrected chi connectivity index (χ4v) is 11.0. The molecule has 4 atom stereocenters. The number of aliphatic hydroxyl groups excluding tert-OH is 1. The second-order valence-corrected chi connectivity index (χ2v) is 21.9. The van der Waals surface area contributed by atoms with Gasteiger partial charge in [-0.2, -0.15) is 0 Å². The molecule has 72 heavy (non-hydrogen) atoms. The van der Waals surface area contributed by atoms with Gasteiger partial charge in [0.05, 0.1) is 51.5 Å². The Bertz CT molecular complexity index is 2780. The molecule has 1 aliphatic heterocycles. The number of nitrogens with zero attached hydrogens (tertiary/aromatic N) is 5. The number of hydrogen-bond donors (Lipinski definition) is 4. The van der Waals surface area contributed by atoms with Crippen LogP contribution in [0.3, 0.4) is 0 Å². The number of β-amino-alcohol motifs (C(OH)–C–C–N with tert-alkyl or cyclic N) is 1. The maximum absolute atomic E-state index is 14.1. The molecular weight excluding hydrogens is 924 g/mol. The number of imidazole rings is 1. The first-order valence-electron chi connectivity index (χ1n) is 26.0. The van der Waals surface area contributed by atoms with Crippen molar-refractivity contribution < 1.29 is 23.9 Å². The Morgan fingerprint density at radius 2 is 1.51 bits per heavy atom. The van der Waals surface area contributed by atoms with E-state index in [4.69, 9.17) is 4.98 Å². The van der Waals surface area contributed by atoms with Crippen molar-refractivity contribution in [3.05, 3.63) is 112 Å². The number of carbonyl (C=O) groups is 3. The van der Waals surface area contributed by atoms with Crippen LogP contribution in [0.1, 0.15) is 139 Å². The summed E-state index contributed by atoms with van der Waals surface area (Å²) in [7, 11) is 1.99. The second kappa shape index (κ2) is 24.7. The van der Waals surface area contributed by atoms with Crippen molar-refractivity contribution in [1.82, 2.24) is 40.4 Å². The predicted octanol–water partition coefficient (Wildman–Crippen LogP) is 11.2. The van der Waals surface area contributed by atoms with Crippen molar-refractivity contribution in [3.63, 3.8) is 0 Å². The quantitative estimate of drug-likeness (QED) is 0.0463. The molecule has 0 unspecified atom stereocenters. The van der Waals surface area contributed by atoms with Gasteiger partial charge in [0, 0.05) is 61.8 Å². The zero-order valence-corrected chi connectivity index (χ0v) is 44.4. The smallest absolute Gasteiger partial charge is 0.246 e. The molecule has 14 heteroatoms. The molecule has 4 N–H and O–H groups in total. The van der Waals surface area contributed by atoms with Gasteiger partial charge < -0.3 is 30.5 Å². The summed E-state index contributed by atoms with van der Waals surface area (Å²) in [6.07, 6.45) is 14.3. The molecule has 7 rings (SSSR count). The third kappa shape index (κ3) is 13.6. The van der Waals surface area contributed by atoms with Crippen LogP contribution in [-0.4, -0.2) is 78.5 Å². The van der Waals surface area contributed by atoms with Crippen molar-refractivity contribution in [2.24, 2.45) is 12.5 Å². The fourth-order valence-electron chi connectivity index (χ4n) is 10.2. The molecule has 6 aromatic rings. The topological polar surface area (TPSA) is 154 Å². The number of unbranched alkanes of at least 4 members (excludes halogenated alkanes) is 9. The van der Waals surface area contributed by atoms with Gasteiger partial charge in [0.1, 0.15) is 17.9 Å². The van der Waals surface area contributed by atoms with Crippen molar-refractivity contribution in [3.8, 4) is 33.0 Å². The number of nitrogens with one attached hydrogen (secondary N) is 3. The number of rotatable bonds is 23. The zero-order valence-electron chi connectivity index (χ0n) is 43.6. The summed E-state index contributed by atoms with van der Waals surface area (Å²) in [6, 6.07) is 17.3. The van der Waals surface area contributed by atoms with Crippen LogP contribution < -0.4 is 16.0 Å². The van der Waals surface area contributed by atoms with Crippen LogP contribution in [0.4, 0.5) is 4.39 Å². The van der Waals surface area contributed by atoms with E-state index in [2.05, 4.69) is 51.9 Å². The van der Waals surface area contributed by atoms with E-state index in [1.165, 1.54) is 65.8 Å². The van der Waals surface area contributed by atoms with Crippen molar-refractivity contribution in [1.29, 1.82) is 0 Å². The van der Waals surface area contributed by atoms with E-state index in [1.54, 1.807) is 23.6 Å². The van der Waals surface area contributed by atoms with E-state index in [0.717, 1.165) is 94.8 Å². The number of fused-ring (bicyclic) bond motifs is 1. The summed E-state index contributed by atoms with van der Waals surface area (Å²) in [5.41, 5.74) is 12.4. The van der Waals surface area contributed by atoms with Crippen LogP contribution in [0, 0.1) is 32.0 Å². The highest BCUT2D eigenvalue weighted by molar-refractivity contribution is 7.13. The van der Waals surface area contributed by atoms with Gasteiger partial charge in [-0.3, -0.25) is 19.4 Å². The van der Waals surface area contributed by atoms with E-state index in [1.807, 2.05) is 88.4 Å². The molecular formula is C58H75FN8O4S. The summed E-state index contributed by atoms with van der Waals surface area (Å²) in [5, 5.41) is 21.3. The summed E-state index contributed by atoms with van der Waals surface area (Å²) in [6.45, 7) is 15.8. The Morgan fingerprint density at radius 3 is 2.17 bits per heavy atom. The molecule has 3 aromatic heterocycles. The number of carbonyl (C=O) groups excluding carboxylic acids is 3. The Kier molecular flexibility index (Phi) is 18.5. The van der Waals surface area contributed by atoms with E-state index in [0.29, 0.717) is 11.9 Å². The first kappa shape index (κ1) is 54.0. The lowest BCUT2D eigenvalue weighted by molar-refractivity contribution is -0.144. The number of benzene rings is 3. The monoisotopic (exact) mass is 999 g/mol. The molecule has 3 aromatic carbocycles. The van der Waals surface area contributed by atoms with E-state index in [9.17, 15) is 23.9 Å². The van der Waals surface area contributed by atoms with Crippen LogP contribution in [-0.2, 0) is 28.0 Å². The molecule has 1 aliphatic rings. The molecule has 384 valence electrons. The SMILES string of the molecule is Cc1cc(CNCCCCCCCCCCCCC(=O)N[C@H](C(=O)N2C[C@H](O)C[C@H]2C(=O)N[C@@H](C)c2ccc(-c3scnc3C)cc2)C(C)(C)C)cc(C)c1-c1ncn(C)c1-c1ccnc2cc(F)ccc12. The zero-order chi connectivity index (χ0) is 51.5. The summed E-state index contributed by atoms with van der Waals surface area (Å²) < 4.78 is 16.0. The van der Waals surface area contributed by atoms with Crippen molar-refractivity contribution in [2.75, 3.05) is 13.1 Å². The molecule has 0 saturated carbocycles. The third-order valence-corrected chi connectivity index (χ3v) is 15.1. The molecule has 0 radical (unpaired) electrons. The highest BCUT2D eigenvalue weighted by Crippen LogP contribution is 2.38. The van der Waals surface area contributed by atoms with Crippen LogP contribution in [0.2, 0.25) is 0 Å². The minimum absolute atomic E-state index is 0.0417. The van der Waals surface area contributed by atoms with Gasteiger partial charge in [0.25, 0.3) is 0 Å². The fraction of sp³-hybridized carbons (Fsp3) is 0.483. The van der Waals surface area contributed by atoms with Gasteiger partial charge in [-0.1, -0.05) is 109 Å². The predicted molar refractivity (Wildman–Crippen MR) is 288 cm³/mol. The lowest BCUT2D eigenvalue weighted by Crippen LogP contribution is -2.57. The normalized spacial score (nSPS) is 15.8. The van der Waals surface area contributed by atoms with Crippen LogP contribution in [0.5, 0.6) is 0 Å². The first-order chi connectivity index (χ1) is 34.5. The van der Waals surface area contributed by atoms with Crippen molar-refractivity contribution in [2.45, 2.75) is 156 Å². The average molecular weight is 999 g/mol. The van der Waals surface area contributed by atoms with Gasteiger partial charge in [-0.15, -0.1) is 11.3 Å². The molecule has 0 spiro atoms. The summed E-state index contributed by atoms with van der Waals surface area (Å²) in [4.78, 5) is 57.2. The standard InChI is InChI=1S/C58H75FN8O4S/c1-37-29-41(30-38(2)51(37)52-53(66(8)35-62-52)47-26-28-61-48-31-44(59)24-25-46(47)48)33-60-27-18-16-14-12-10-9-11-13-15-17-19-50(69)65-55(58(5,6)7)57(71)67-34-45(68)32-49(67)56(70)64-39(3)42-20-22-43(23-21-42)54-40(4)63-36-72-54/h20-26,28-31,35-36,39,45,49,55,60,68H,9-19,27,32-34H2,1-8H3,(H,64,70)(H,65,69)/t39-,45+,49-,55+/m0/s1. The minimum Gasteiger partial charge on any atom is -0.391 e. The number of aryl methyl sites for hydroxylation is 4. The Morgan fingerprint density at radius 1 is 0.847 bits per heavy atom. The van der Waals surface area contributed by atoms with E-state index >= 15 is 0 Å². The highest BCUT2D eigenvalue weighted by atomic mass is 32.1. The van der Waals surface area contributed by atoms with Crippen LogP contribution in [0.25, 0.3) is 43.9 Å². The van der Waals surface area contributed by atoms with E-state index < -0.39 is 23.6 Å². The van der Waals surface area contributed by atoms with Gasteiger partial charge in [-0.25, -0.2) is 14.4 Å². The summed E-state index contributed by atoms with van der Waals surface area (Å²) >= 11 is 1.59. The minimum atomic E-state index is -0.837. The highest BCUT2D eigenvalue weighted by Gasteiger charge is 2.44. The number of aromatic nitrogens is 4. The molecule has 3 amide bonds. The summed E-state index contributed by atoms with van der Waals surface area (Å²) in [5.74, 6) is -1.13. The van der Waals surface area contributed by atoms with Gasteiger partial charge in [0.2, 0.25) is 17.7 Å². The number of hydrogen-bond acceptors (Lipinski definition) is 9. The molecule has 0 bridgehead atoms. The lowest BCUT2D eigenvalue weighted by atomic mass is 9.85. The molecule has 1 fully saturated rings. The first-order valence-corrected chi connectivity index (χ1v) is 26.8. The molecule has 1 saturated heterocycles. The number of likely N-dealkylation sites (tertiary alicyclic amines) is 1. The third-order valence-electron chi connectivity index (χ3n) is 14.1. The largest absolute Gasteiger partial charge is 0.391 e. The van der Waals surface area contributed by atoms with Crippen LogP contribution >= 0.6 is 11.3 Å². The Hall–Kier alpha value is -5.83. The number of amides is 3. The second-order valence-electron chi connectivity index (χ2n) is 21.0. The maximum Gasteiger partial charge on any atom is 0.246 e. The van der Waals surface area contributed by atoms with Gasteiger partial charge in [-0.05, 0) is 98.5 Å². The lowest BCUT2D eigenvalue weighted by Gasteiger charge is -2.35. The number of pyridine rings is 1. The molecule has 12 nitrogen and oxygen atoms in total. The Labute approximate surface area is 429 Å². The van der Waals surface area contributed by atoms with Gasteiger partial charge in [0.15, 0.2) is 0 Å². The maximum atomic E-state index is 14.1. The molecule has 4 heterocycles.